The van der Waals surface area contributed by atoms with Crippen molar-refractivity contribution in [1.82, 2.24) is 0 Å². The van der Waals surface area contributed by atoms with E-state index in [2.05, 4.69) is 57.8 Å². The molecule has 0 fully saturated rings. The molecule has 0 aliphatic carbocycles. The zero-order chi connectivity index (χ0) is 13.1. The van der Waals surface area contributed by atoms with Gasteiger partial charge in [-0.05, 0) is 11.5 Å². The van der Waals surface area contributed by atoms with Crippen molar-refractivity contribution in [2.75, 3.05) is 6.61 Å². The van der Waals surface area contributed by atoms with E-state index in [1.165, 1.54) is 10.8 Å². The summed E-state index contributed by atoms with van der Waals surface area (Å²) in [6.07, 6.45) is 1.11. The first-order valence-corrected chi connectivity index (χ1v) is 10.1. The lowest BCUT2D eigenvalue weighted by Gasteiger charge is -2.23. The average molecular weight is 250 g/mol. The Bertz CT molecular complexity index is 337. The predicted octanol–water partition coefficient (Wildman–Crippen LogP) is 3.35. The zero-order valence-electron chi connectivity index (χ0n) is 11.8. The van der Waals surface area contributed by atoms with E-state index in [4.69, 9.17) is 0 Å². The van der Waals surface area contributed by atoms with E-state index >= 15 is 0 Å². The van der Waals surface area contributed by atoms with Crippen LogP contribution in [0.3, 0.4) is 0 Å². The van der Waals surface area contributed by atoms with Gasteiger partial charge in [-0.1, -0.05) is 69.4 Å². The van der Waals surface area contributed by atoms with E-state index in [1.807, 2.05) is 0 Å². The Morgan fingerprint density at radius 3 is 2.00 bits per heavy atom. The van der Waals surface area contributed by atoms with E-state index < -0.39 is 8.07 Å². The van der Waals surface area contributed by atoms with Crippen LogP contribution < -0.4 is 5.19 Å². The van der Waals surface area contributed by atoms with E-state index in [-0.39, 0.29) is 12.5 Å². The van der Waals surface area contributed by atoms with Crippen LogP contribution in [0.1, 0.15) is 31.7 Å². The third-order valence-electron chi connectivity index (χ3n) is 3.73. The molecule has 0 heterocycles. The lowest BCUT2D eigenvalue weighted by Crippen LogP contribution is -2.37. The largest absolute Gasteiger partial charge is 0.396 e. The first kappa shape index (κ1) is 14.5. The molecule has 1 aromatic carbocycles. The minimum Gasteiger partial charge on any atom is -0.396 e. The summed E-state index contributed by atoms with van der Waals surface area (Å²) in [5.41, 5.74) is 1.28. The molecule has 0 saturated heterocycles. The Morgan fingerprint density at radius 1 is 1.12 bits per heavy atom. The van der Waals surface area contributed by atoms with Crippen molar-refractivity contribution in [3.8, 4) is 0 Å². The van der Waals surface area contributed by atoms with Gasteiger partial charge in [0.1, 0.15) is 0 Å². The van der Waals surface area contributed by atoms with Gasteiger partial charge in [0.15, 0.2) is 0 Å². The van der Waals surface area contributed by atoms with Crippen LogP contribution in [0.25, 0.3) is 0 Å². The van der Waals surface area contributed by atoms with Crippen LogP contribution in [0.4, 0.5) is 0 Å². The highest BCUT2D eigenvalue weighted by atomic mass is 28.3. The molecule has 0 saturated carbocycles. The van der Waals surface area contributed by atoms with Crippen LogP contribution in [0.2, 0.25) is 19.6 Å². The monoisotopic (exact) mass is 250 g/mol. The van der Waals surface area contributed by atoms with Crippen molar-refractivity contribution in [2.45, 2.75) is 45.8 Å². The number of aliphatic hydroxyl groups excluding tert-OH is 1. The van der Waals surface area contributed by atoms with Crippen molar-refractivity contribution >= 4 is 13.3 Å². The van der Waals surface area contributed by atoms with E-state index in [9.17, 15) is 5.11 Å². The minimum absolute atomic E-state index is 0.251. The molecule has 1 N–H and O–H groups in total. The molecule has 1 aromatic rings. The quantitative estimate of drug-likeness (QED) is 0.795. The molecule has 0 aliphatic rings. The van der Waals surface area contributed by atoms with Gasteiger partial charge in [-0.2, -0.15) is 0 Å². The minimum atomic E-state index is -1.20. The fourth-order valence-electron chi connectivity index (χ4n) is 2.13. The van der Waals surface area contributed by atoms with Gasteiger partial charge < -0.3 is 5.11 Å². The molecule has 1 rings (SSSR count). The highest BCUT2D eigenvalue weighted by Gasteiger charge is 2.19. The number of hydrogen-bond donors (Lipinski definition) is 1. The third kappa shape index (κ3) is 3.68. The molecular formula is C15H26OSi. The van der Waals surface area contributed by atoms with Gasteiger partial charge in [-0.15, -0.1) is 0 Å². The van der Waals surface area contributed by atoms with Crippen LogP contribution in [0, 0.1) is 5.92 Å². The van der Waals surface area contributed by atoms with Crippen LogP contribution in [0.15, 0.2) is 24.3 Å². The average Bonchev–Trinajstić information content (AvgIpc) is 2.29. The molecule has 0 amide bonds. The fraction of sp³-hybridized carbons (Fsp3) is 0.600. The summed E-state index contributed by atoms with van der Waals surface area (Å²) in [7, 11) is -1.20. The van der Waals surface area contributed by atoms with Crippen molar-refractivity contribution in [2.24, 2.45) is 5.92 Å². The summed E-state index contributed by atoms with van der Waals surface area (Å²) < 4.78 is 0. The Kier molecular flexibility index (Phi) is 4.96. The Hall–Kier alpha value is -0.603. The molecule has 2 atom stereocenters. The predicted molar refractivity (Wildman–Crippen MR) is 78.7 cm³/mol. The Balaban J connectivity index is 2.93. The van der Waals surface area contributed by atoms with Gasteiger partial charge in [0.25, 0.3) is 0 Å². The zero-order valence-corrected chi connectivity index (χ0v) is 12.8. The molecule has 17 heavy (non-hydrogen) atoms. The Morgan fingerprint density at radius 2 is 1.65 bits per heavy atom. The second-order valence-electron chi connectivity index (χ2n) is 6.05. The SMILES string of the molecule is CCC(C)C(CO)c1ccc([Si](C)(C)C)cc1. The fourth-order valence-corrected chi connectivity index (χ4v) is 3.30. The number of aliphatic hydroxyl groups is 1. The van der Waals surface area contributed by atoms with Gasteiger partial charge >= 0.3 is 0 Å². The molecule has 2 heteroatoms. The summed E-state index contributed by atoms with van der Waals surface area (Å²) in [5.74, 6) is 0.827. The van der Waals surface area contributed by atoms with Crippen molar-refractivity contribution in [3.63, 3.8) is 0 Å². The maximum Gasteiger partial charge on any atom is 0.0775 e. The number of rotatable bonds is 5. The molecule has 96 valence electrons. The maximum atomic E-state index is 9.52. The van der Waals surface area contributed by atoms with Crippen LogP contribution in [-0.4, -0.2) is 19.8 Å². The molecule has 0 bridgehead atoms. The molecule has 0 spiro atoms. The summed E-state index contributed by atoms with van der Waals surface area (Å²) in [4.78, 5) is 0. The second-order valence-corrected chi connectivity index (χ2v) is 11.1. The standard InChI is InChI=1S/C15H26OSi/c1-6-12(2)15(11-16)13-7-9-14(10-8-13)17(3,4)5/h7-10,12,15-16H,6,11H2,1-5H3. The maximum absolute atomic E-state index is 9.52. The van der Waals surface area contributed by atoms with Crippen molar-refractivity contribution in [3.05, 3.63) is 29.8 Å². The van der Waals surface area contributed by atoms with Gasteiger partial charge in [-0.25, -0.2) is 0 Å². The van der Waals surface area contributed by atoms with E-state index in [0.29, 0.717) is 5.92 Å². The van der Waals surface area contributed by atoms with Gasteiger partial charge in [-0.3, -0.25) is 0 Å². The van der Waals surface area contributed by atoms with E-state index in [0.717, 1.165) is 6.42 Å². The van der Waals surface area contributed by atoms with Crippen LogP contribution in [0.5, 0.6) is 0 Å². The number of hydrogen-bond acceptors (Lipinski definition) is 1. The van der Waals surface area contributed by atoms with Gasteiger partial charge in [0, 0.05) is 5.92 Å². The first-order valence-electron chi connectivity index (χ1n) is 6.61. The highest BCUT2D eigenvalue weighted by molar-refractivity contribution is 6.88. The molecule has 0 radical (unpaired) electrons. The van der Waals surface area contributed by atoms with Crippen LogP contribution >= 0.6 is 0 Å². The summed E-state index contributed by atoms with van der Waals surface area (Å²) >= 11 is 0. The number of benzene rings is 1. The molecular weight excluding hydrogens is 224 g/mol. The molecule has 0 aliphatic heterocycles. The van der Waals surface area contributed by atoms with Gasteiger partial charge in [0.2, 0.25) is 0 Å². The summed E-state index contributed by atoms with van der Waals surface area (Å²) in [6.45, 7) is 11.7. The van der Waals surface area contributed by atoms with Crippen LogP contribution in [-0.2, 0) is 0 Å². The topological polar surface area (TPSA) is 20.2 Å². The lowest BCUT2D eigenvalue weighted by atomic mass is 9.86. The molecule has 2 unspecified atom stereocenters. The normalized spacial score (nSPS) is 15.6. The lowest BCUT2D eigenvalue weighted by molar-refractivity contribution is 0.229. The first-order chi connectivity index (χ1) is 7.90. The Labute approximate surface area is 107 Å². The highest BCUT2D eigenvalue weighted by Crippen LogP contribution is 2.26. The third-order valence-corrected chi connectivity index (χ3v) is 5.80. The van der Waals surface area contributed by atoms with Gasteiger partial charge in [0.05, 0.1) is 14.7 Å². The second kappa shape index (κ2) is 5.83. The summed E-state index contributed by atoms with van der Waals surface area (Å²) in [5, 5.41) is 11.0. The van der Waals surface area contributed by atoms with E-state index in [1.54, 1.807) is 0 Å². The molecule has 1 nitrogen and oxygen atoms in total. The summed E-state index contributed by atoms with van der Waals surface area (Å²) in [6, 6.07) is 8.93. The smallest absolute Gasteiger partial charge is 0.0775 e. The van der Waals surface area contributed by atoms with Crippen molar-refractivity contribution < 1.29 is 5.11 Å². The molecule has 0 aromatic heterocycles. The van der Waals surface area contributed by atoms with Crippen molar-refractivity contribution in [1.29, 1.82) is 0 Å².